The van der Waals surface area contributed by atoms with Crippen molar-refractivity contribution in [2.45, 2.75) is 87.6 Å². The summed E-state index contributed by atoms with van der Waals surface area (Å²) >= 11 is 0. The van der Waals surface area contributed by atoms with Crippen molar-refractivity contribution >= 4 is 37.3 Å². The Labute approximate surface area is 294 Å². The summed E-state index contributed by atoms with van der Waals surface area (Å²) in [6.45, 7) is 6.93. The zero-order chi connectivity index (χ0) is 35.5. The first kappa shape index (κ1) is 35.6. The van der Waals surface area contributed by atoms with Gasteiger partial charge in [0.1, 0.15) is 0 Å². The third-order valence-electron chi connectivity index (χ3n) is 9.54. The van der Waals surface area contributed by atoms with Crippen molar-refractivity contribution in [3.8, 4) is 5.69 Å². The summed E-state index contributed by atoms with van der Waals surface area (Å²) in [7, 11) is -7.31. The third-order valence-corrected chi connectivity index (χ3v) is 13.6. The van der Waals surface area contributed by atoms with Crippen LogP contribution < -0.4 is 10.7 Å². The molecule has 1 N–H and O–H groups in total. The summed E-state index contributed by atoms with van der Waals surface area (Å²) < 4.78 is 58.1. The van der Waals surface area contributed by atoms with Crippen LogP contribution in [0.1, 0.15) is 75.3 Å². The Morgan fingerprint density at radius 2 is 1.30 bits per heavy atom. The van der Waals surface area contributed by atoms with E-state index in [2.05, 4.69) is 17.3 Å². The minimum absolute atomic E-state index is 0.0322. The van der Waals surface area contributed by atoms with Crippen LogP contribution in [0, 0.1) is 0 Å². The van der Waals surface area contributed by atoms with Crippen LogP contribution >= 0.6 is 0 Å². The highest BCUT2D eigenvalue weighted by atomic mass is 32.2. The summed E-state index contributed by atoms with van der Waals surface area (Å²) in [5, 5.41) is 7.78. The molecule has 0 saturated carbocycles. The number of hydrogen-bond acceptors (Lipinski definition) is 7. The van der Waals surface area contributed by atoms with Gasteiger partial charge in [-0.25, -0.2) is 26.5 Å². The van der Waals surface area contributed by atoms with E-state index in [1.165, 1.54) is 17.7 Å². The molecule has 50 heavy (non-hydrogen) atoms. The zero-order valence-electron chi connectivity index (χ0n) is 28.7. The molecule has 0 bridgehead atoms. The number of nitrogens with one attached hydrogen (secondary N) is 1. The number of sulfonamides is 2. The lowest BCUT2D eigenvalue weighted by molar-refractivity contribution is 0.101. The van der Waals surface area contributed by atoms with Gasteiger partial charge in [0.05, 0.1) is 26.5 Å². The summed E-state index contributed by atoms with van der Waals surface area (Å²) in [5.41, 5.74) is 2.81. The second-order valence-corrected chi connectivity index (χ2v) is 16.8. The van der Waals surface area contributed by atoms with Gasteiger partial charge in [0, 0.05) is 37.1 Å². The number of hydrogen-bond donors (Lipinski definition) is 1. The van der Waals surface area contributed by atoms with Crippen LogP contribution in [0.3, 0.4) is 0 Å². The van der Waals surface area contributed by atoms with E-state index in [-0.39, 0.29) is 32.9 Å². The second kappa shape index (κ2) is 15.0. The monoisotopic (exact) mass is 716 g/mol. The van der Waals surface area contributed by atoms with Gasteiger partial charge >= 0.3 is 0 Å². The Morgan fingerprint density at radius 1 is 0.760 bits per heavy atom. The molecule has 0 spiro atoms. The molecule has 0 aliphatic carbocycles. The fraction of sp³-hybridized carbons (Fsp3) is 0.378. The molecule has 0 radical (unpaired) electrons. The fourth-order valence-corrected chi connectivity index (χ4v) is 9.95. The number of anilines is 1. The average molecular weight is 717 g/mol. The molecule has 4 aromatic rings. The van der Waals surface area contributed by atoms with E-state index < -0.39 is 26.0 Å². The van der Waals surface area contributed by atoms with Gasteiger partial charge in [0.15, 0.2) is 5.69 Å². The number of aryl methyl sites for hydroxylation is 1. The number of piperidine rings is 2. The molecule has 1 amide bonds. The Bertz CT molecular complexity index is 2110. The third kappa shape index (κ3) is 7.60. The van der Waals surface area contributed by atoms with Gasteiger partial charge in [-0.15, -0.1) is 0 Å². The topological polar surface area (TPSA) is 134 Å². The molecule has 2 fully saturated rings. The first-order valence-corrected chi connectivity index (χ1v) is 20.1. The standard InChI is InChI=1S/C37H44N6O5S2/c1-4-29-11-17-32(18-12-29)41-26-23-35(38-30-13-19-33(20-14-30)49(45,46)42-24-7-5-9-27(42)2)36(40-41)37(44)39-31-15-21-34(22-16-31)50(47,48)43-25-8-6-10-28(43)3/h11-23,26-28H,4-10,24-25H2,1-3H3,(H,39,44). The smallest absolute Gasteiger partial charge is 0.278 e. The van der Waals surface area contributed by atoms with Crippen LogP contribution in [0.25, 0.3) is 5.69 Å². The van der Waals surface area contributed by atoms with Crippen molar-refractivity contribution in [3.63, 3.8) is 0 Å². The molecule has 264 valence electrons. The molecule has 2 saturated heterocycles. The summed E-state index contributed by atoms with van der Waals surface area (Å²) in [6.07, 6.45) is 7.96. The van der Waals surface area contributed by atoms with Crippen molar-refractivity contribution < 1.29 is 21.6 Å². The summed E-state index contributed by atoms with van der Waals surface area (Å²) in [6, 6.07) is 21.9. The normalized spacial score (nSPS) is 19.7. The van der Waals surface area contributed by atoms with E-state index in [0.717, 1.165) is 50.6 Å². The Hall–Kier alpha value is -4.17. The highest BCUT2D eigenvalue weighted by Crippen LogP contribution is 2.28. The highest BCUT2D eigenvalue weighted by Gasteiger charge is 2.32. The number of aromatic nitrogens is 2. The number of carbonyl (C=O) groups excluding carboxylic acids is 1. The quantitative estimate of drug-likeness (QED) is 0.224. The molecule has 1 aromatic heterocycles. The largest absolute Gasteiger partial charge is 0.321 e. The minimum atomic E-state index is -3.66. The highest BCUT2D eigenvalue weighted by molar-refractivity contribution is 7.89. The summed E-state index contributed by atoms with van der Waals surface area (Å²) in [5.74, 6) is -0.540. The van der Waals surface area contributed by atoms with Crippen LogP contribution in [0.4, 0.5) is 11.4 Å². The number of amides is 1. The predicted octanol–water partition coefficient (Wildman–Crippen LogP) is 6.05. The van der Waals surface area contributed by atoms with E-state index in [1.54, 1.807) is 62.0 Å². The Kier molecular flexibility index (Phi) is 10.7. The van der Waals surface area contributed by atoms with Crippen LogP contribution in [-0.2, 0) is 26.5 Å². The van der Waals surface area contributed by atoms with Gasteiger partial charge in [-0.3, -0.25) is 4.79 Å². The molecule has 2 atom stereocenters. The maximum absolute atomic E-state index is 13.8. The molecular weight excluding hydrogens is 673 g/mol. The van der Waals surface area contributed by atoms with Crippen LogP contribution in [-0.4, -0.2) is 66.3 Å². The molecule has 2 aliphatic heterocycles. The molecule has 13 heteroatoms. The van der Waals surface area contributed by atoms with Gasteiger partial charge in [-0.05, 0) is 118 Å². The molecule has 3 aromatic carbocycles. The Morgan fingerprint density at radius 3 is 1.82 bits per heavy atom. The first-order chi connectivity index (χ1) is 24.0. The van der Waals surface area contributed by atoms with E-state index >= 15 is 0 Å². The van der Waals surface area contributed by atoms with Gasteiger partial charge < -0.3 is 5.32 Å². The summed E-state index contributed by atoms with van der Waals surface area (Å²) in [4.78, 5) is 18.9. The van der Waals surface area contributed by atoms with Gasteiger partial charge in [-0.2, -0.15) is 13.7 Å². The van der Waals surface area contributed by atoms with Gasteiger partial charge in [-0.1, -0.05) is 31.9 Å². The number of carbonyl (C=O) groups is 1. The van der Waals surface area contributed by atoms with Crippen LogP contribution in [0.2, 0.25) is 0 Å². The number of nitrogens with zero attached hydrogens (tertiary/aromatic N) is 5. The first-order valence-electron chi connectivity index (χ1n) is 17.3. The SMILES string of the molecule is CCc1ccc(-n2ccc(=Nc3ccc(S(=O)(=O)N4CCCCC4C)cc3)c(C(=O)Nc3ccc(S(=O)(=O)N4CCCCC4C)cc3)n2)cc1. The number of rotatable bonds is 9. The zero-order valence-corrected chi connectivity index (χ0v) is 30.3. The fourth-order valence-electron chi connectivity index (χ4n) is 6.55. The molecule has 6 rings (SSSR count). The lowest BCUT2D eigenvalue weighted by Gasteiger charge is -2.32. The van der Waals surface area contributed by atoms with Crippen LogP contribution in [0.5, 0.6) is 0 Å². The van der Waals surface area contributed by atoms with E-state index in [4.69, 9.17) is 4.99 Å². The van der Waals surface area contributed by atoms with Crippen molar-refractivity contribution in [1.29, 1.82) is 0 Å². The minimum Gasteiger partial charge on any atom is -0.321 e. The van der Waals surface area contributed by atoms with Crippen molar-refractivity contribution in [1.82, 2.24) is 18.4 Å². The van der Waals surface area contributed by atoms with Gasteiger partial charge in [0.2, 0.25) is 20.0 Å². The maximum Gasteiger partial charge on any atom is 0.278 e. The maximum atomic E-state index is 13.8. The molecule has 11 nitrogen and oxygen atoms in total. The van der Waals surface area contributed by atoms with Crippen molar-refractivity contribution in [2.24, 2.45) is 4.99 Å². The van der Waals surface area contributed by atoms with E-state index in [0.29, 0.717) is 24.5 Å². The van der Waals surface area contributed by atoms with Crippen molar-refractivity contribution in [3.05, 3.63) is 102 Å². The number of benzene rings is 3. The molecular formula is C37H44N6O5S2. The van der Waals surface area contributed by atoms with Gasteiger partial charge in [0.25, 0.3) is 5.91 Å². The average Bonchev–Trinajstić information content (AvgIpc) is 3.12. The lowest BCUT2D eigenvalue weighted by Crippen LogP contribution is -2.41. The van der Waals surface area contributed by atoms with Crippen LogP contribution in [0.15, 0.2) is 99.8 Å². The lowest BCUT2D eigenvalue weighted by atomic mass is 10.1. The van der Waals surface area contributed by atoms with E-state index in [9.17, 15) is 21.6 Å². The second-order valence-electron chi connectivity index (χ2n) is 13.0. The predicted molar refractivity (Wildman–Crippen MR) is 193 cm³/mol. The molecule has 3 heterocycles. The Balaban J connectivity index is 1.30. The molecule has 2 aliphatic rings. The van der Waals surface area contributed by atoms with E-state index in [1.807, 2.05) is 38.1 Å². The van der Waals surface area contributed by atoms with Crippen molar-refractivity contribution in [2.75, 3.05) is 18.4 Å². The molecule has 2 unspecified atom stereocenters.